The molecule has 0 amide bonds. The van der Waals surface area contributed by atoms with Crippen molar-refractivity contribution in [2.75, 3.05) is 6.54 Å². The fourth-order valence-corrected chi connectivity index (χ4v) is 4.92. The standard InChI is InChI=1S/C18H18N6O.C9H7FN2/c1-11-21-17(23-25-11)18(12-9-20-24(2)10-12)16-14(7-8-19-18)13-5-3-4-6-15(13)22-16;10-8-3-1-7(2-4-8)9-5-11-6-12-9/h3-6,9-10,19,22H,7-8H2,1-2H3;1-6H,(H,11,12). The maximum absolute atomic E-state index is 12.5. The minimum Gasteiger partial charge on any atom is -0.356 e. The molecule has 37 heavy (non-hydrogen) atoms. The summed E-state index contributed by atoms with van der Waals surface area (Å²) in [4.78, 5) is 15.0. The van der Waals surface area contributed by atoms with Crippen LogP contribution in [0.3, 0.4) is 0 Å². The Hall–Kier alpha value is -4.57. The van der Waals surface area contributed by atoms with Crippen molar-refractivity contribution in [2.45, 2.75) is 18.9 Å². The average molecular weight is 497 g/mol. The quantitative estimate of drug-likeness (QED) is 0.338. The van der Waals surface area contributed by atoms with Gasteiger partial charge in [-0.05, 0) is 47.9 Å². The van der Waals surface area contributed by atoms with Crippen LogP contribution in [0.4, 0.5) is 4.39 Å². The second-order valence-corrected chi connectivity index (χ2v) is 8.96. The third-order valence-corrected chi connectivity index (χ3v) is 6.61. The Balaban J connectivity index is 0.000000176. The maximum Gasteiger partial charge on any atom is 0.223 e. The van der Waals surface area contributed by atoms with Crippen LogP contribution in [0.5, 0.6) is 0 Å². The second-order valence-electron chi connectivity index (χ2n) is 8.96. The van der Waals surface area contributed by atoms with Crippen LogP contribution < -0.4 is 5.32 Å². The highest BCUT2D eigenvalue weighted by atomic mass is 19.1. The molecule has 0 bridgehead atoms. The first-order valence-electron chi connectivity index (χ1n) is 11.9. The SMILES string of the molecule is Cc1nc(C2(c3cnn(C)c3)NCCc3c2[nH]c2ccccc32)no1.Fc1ccc(-c2cnc[nH]2)cc1. The van der Waals surface area contributed by atoms with E-state index in [1.54, 1.807) is 29.3 Å². The molecule has 0 aliphatic carbocycles. The molecule has 2 aromatic carbocycles. The topological polar surface area (TPSA) is 113 Å². The van der Waals surface area contributed by atoms with Crippen LogP contribution in [0.2, 0.25) is 0 Å². The van der Waals surface area contributed by atoms with Crippen molar-refractivity contribution in [3.63, 3.8) is 0 Å². The molecule has 9 nitrogen and oxygen atoms in total. The Kier molecular flexibility index (Phi) is 5.65. The van der Waals surface area contributed by atoms with Crippen molar-refractivity contribution >= 4 is 10.9 Å². The van der Waals surface area contributed by atoms with Crippen LogP contribution in [-0.4, -0.2) is 41.4 Å². The van der Waals surface area contributed by atoms with Crippen molar-refractivity contribution in [1.82, 2.24) is 40.2 Å². The Morgan fingerprint density at radius 1 is 1.08 bits per heavy atom. The van der Waals surface area contributed by atoms with E-state index in [9.17, 15) is 4.39 Å². The number of hydrogen-bond donors (Lipinski definition) is 3. The normalized spacial score (nSPS) is 16.8. The van der Waals surface area contributed by atoms with Gasteiger partial charge in [0, 0.05) is 43.2 Å². The number of para-hydroxylation sites is 1. The molecule has 1 unspecified atom stereocenters. The van der Waals surface area contributed by atoms with Crippen LogP contribution in [0, 0.1) is 12.7 Å². The van der Waals surface area contributed by atoms with E-state index in [0.29, 0.717) is 11.7 Å². The van der Waals surface area contributed by atoms with Crippen molar-refractivity contribution in [2.24, 2.45) is 7.05 Å². The number of aromatic nitrogens is 7. The molecule has 1 aliphatic rings. The lowest BCUT2D eigenvalue weighted by Crippen LogP contribution is -2.50. The molecule has 5 heterocycles. The molecule has 0 fully saturated rings. The predicted octanol–water partition coefficient (Wildman–Crippen LogP) is 4.25. The van der Waals surface area contributed by atoms with Gasteiger partial charge in [0.25, 0.3) is 0 Å². The molecule has 1 atom stereocenters. The molecule has 186 valence electrons. The summed E-state index contributed by atoms with van der Waals surface area (Å²) in [5, 5.41) is 13.5. The number of nitrogens with one attached hydrogen (secondary N) is 3. The first-order chi connectivity index (χ1) is 18.0. The zero-order valence-electron chi connectivity index (χ0n) is 20.4. The number of rotatable bonds is 3. The molecule has 0 radical (unpaired) electrons. The number of H-pyrrole nitrogens is 2. The van der Waals surface area contributed by atoms with Gasteiger partial charge >= 0.3 is 0 Å². The molecule has 7 rings (SSSR count). The van der Waals surface area contributed by atoms with Gasteiger partial charge in [0.2, 0.25) is 11.7 Å². The number of aromatic amines is 2. The van der Waals surface area contributed by atoms with E-state index in [4.69, 9.17) is 4.52 Å². The fraction of sp³-hybridized carbons (Fsp3) is 0.185. The fourth-order valence-electron chi connectivity index (χ4n) is 4.92. The number of nitrogens with zero attached hydrogens (tertiary/aromatic N) is 5. The first-order valence-corrected chi connectivity index (χ1v) is 11.9. The average Bonchev–Trinajstić information content (AvgIpc) is 3.72. The summed E-state index contributed by atoms with van der Waals surface area (Å²) in [7, 11) is 1.91. The highest BCUT2D eigenvalue weighted by molar-refractivity contribution is 5.86. The second kappa shape index (κ2) is 9.14. The summed E-state index contributed by atoms with van der Waals surface area (Å²) in [5.74, 6) is 0.923. The Morgan fingerprint density at radius 2 is 1.92 bits per heavy atom. The molecular formula is C27H25FN8O. The summed E-state index contributed by atoms with van der Waals surface area (Å²) in [6.07, 6.45) is 8.10. The predicted molar refractivity (Wildman–Crippen MR) is 136 cm³/mol. The first kappa shape index (κ1) is 22.9. The monoisotopic (exact) mass is 496 g/mol. The van der Waals surface area contributed by atoms with E-state index in [0.717, 1.165) is 41.0 Å². The largest absolute Gasteiger partial charge is 0.356 e. The number of halogens is 1. The summed E-state index contributed by atoms with van der Waals surface area (Å²) in [5.41, 5.74) is 5.60. The van der Waals surface area contributed by atoms with Gasteiger partial charge in [-0.15, -0.1) is 0 Å². The number of imidazole rings is 1. The van der Waals surface area contributed by atoms with Crippen LogP contribution >= 0.6 is 0 Å². The molecule has 4 aromatic heterocycles. The van der Waals surface area contributed by atoms with Gasteiger partial charge in [0.05, 0.1) is 30.1 Å². The smallest absolute Gasteiger partial charge is 0.223 e. The molecule has 0 saturated heterocycles. The summed E-state index contributed by atoms with van der Waals surface area (Å²) < 4.78 is 19.6. The third-order valence-electron chi connectivity index (χ3n) is 6.61. The Bertz CT molecular complexity index is 1610. The summed E-state index contributed by atoms with van der Waals surface area (Å²) in [6.45, 7) is 2.62. The number of fused-ring (bicyclic) bond motifs is 3. The molecular weight excluding hydrogens is 471 g/mol. The number of benzene rings is 2. The van der Waals surface area contributed by atoms with Crippen molar-refractivity contribution in [1.29, 1.82) is 0 Å². The molecule has 10 heteroatoms. The van der Waals surface area contributed by atoms with Gasteiger partial charge in [-0.1, -0.05) is 23.4 Å². The van der Waals surface area contributed by atoms with Crippen LogP contribution in [-0.2, 0) is 19.0 Å². The molecule has 0 spiro atoms. The molecule has 1 aliphatic heterocycles. The van der Waals surface area contributed by atoms with Crippen LogP contribution in [0.1, 0.15) is 28.5 Å². The zero-order valence-corrected chi connectivity index (χ0v) is 20.4. The van der Waals surface area contributed by atoms with E-state index in [2.05, 4.69) is 53.7 Å². The van der Waals surface area contributed by atoms with Gasteiger partial charge in [-0.25, -0.2) is 9.37 Å². The van der Waals surface area contributed by atoms with Gasteiger partial charge in [0.1, 0.15) is 5.82 Å². The van der Waals surface area contributed by atoms with Gasteiger partial charge in [-0.2, -0.15) is 10.1 Å². The van der Waals surface area contributed by atoms with E-state index in [1.165, 1.54) is 23.1 Å². The Labute approximate surface area is 211 Å². The Morgan fingerprint density at radius 3 is 2.62 bits per heavy atom. The lowest BCUT2D eigenvalue weighted by molar-refractivity contribution is 0.356. The lowest BCUT2D eigenvalue weighted by atomic mass is 9.81. The van der Waals surface area contributed by atoms with Crippen molar-refractivity contribution in [3.05, 3.63) is 108 Å². The molecule has 3 N–H and O–H groups in total. The van der Waals surface area contributed by atoms with E-state index < -0.39 is 5.54 Å². The molecule has 6 aromatic rings. The van der Waals surface area contributed by atoms with Gasteiger partial charge in [-0.3, -0.25) is 10.00 Å². The zero-order chi connectivity index (χ0) is 25.4. The minimum absolute atomic E-state index is 0.224. The van der Waals surface area contributed by atoms with E-state index in [-0.39, 0.29) is 5.82 Å². The van der Waals surface area contributed by atoms with Gasteiger partial charge in [0.15, 0.2) is 5.54 Å². The van der Waals surface area contributed by atoms with Crippen LogP contribution in [0.15, 0.2) is 78.0 Å². The van der Waals surface area contributed by atoms with E-state index >= 15 is 0 Å². The molecule has 0 saturated carbocycles. The summed E-state index contributed by atoms with van der Waals surface area (Å²) in [6, 6.07) is 14.7. The highest BCUT2D eigenvalue weighted by Gasteiger charge is 2.46. The van der Waals surface area contributed by atoms with Crippen LogP contribution in [0.25, 0.3) is 22.2 Å². The minimum atomic E-state index is -0.696. The van der Waals surface area contributed by atoms with Crippen molar-refractivity contribution in [3.8, 4) is 11.3 Å². The maximum atomic E-state index is 12.5. The van der Waals surface area contributed by atoms with Gasteiger partial charge < -0.3 is 14.5 Å². The van der Waals surface area contributed by atoms with Crippen molar-refractivity contribution < 1.29 is 8.91 Å². The summed E-state index contributed by atoms with van der Waals surface area (Å²) >= 11 is 0. The number of hydrogen-bond acceptors (Lipinski definition) is 6. The third kappa shape index (κ3) is 4.01. The highest BCUT2D eigenvalue weighted by Crippen LogP contribution is 2.41. The van der Waals surface area contributed by atoms with E-state index in [1.807, 2.05) is 32.4 Å². The lowest BCUT2D eigenvalue weighted by Gasteiger charge is -2.35. The number of aryl methyl sites for hydroxylation is 2.